The van der Waals surface area contributed by atoms with Crippen LogP contribution in [0.5, 0.6) is 0 Å². The molecule has 46 valence electrons. The second kappa shape index (κ2) is 1.60. The minimum absolute atomic E-state index is 0.169. The smallest absolute Gasteiger partial charge is 0.253 e. The molecule has 0 aromatic carbocycles. The molecular formula is C4H6ClNO2. The van der Waals surface area contributed by atoms with Crippen LogP contribution in [0, 0.1) is 0 Å². The Bertz CT molecular complexity index is 121. The molecule has 3 nitrogen and oxygen atoms in total. The van der Waals surface area contributed by atoms with E-state index in [2.05, 4.69) is 0 Å². The van der Waals surface area contributed by atoms with Crippen LogP contribution in [-0.4, -0.2) is 24.0 Å². The van der Waals surface area contributed by atoms with Crippen molar-refractivity contribution < 1.29 is 9.53 Å². The lowest BCUT2D eigenvalue weighted by molar-refractivity contribution is -0.122. The Morgan fingerprint density at radius 2 is 2.50 bits per heavy atom. The van der Waals surface area contributed by atoms with Gasteiger partial charge in [-0.1, -0.05) is 0 Å². The predicted molar refractivity (Wildman–Crippen MR) is 28.6 cm³/mol. The standard InChI is InChI=1S/C4H6ClNO2/c5-1-4(2-8-4)3(6)7/h1-2H2,(H2,6,7). The number of hydrogen-bond acceptors (Lipinski definition) is 2. The first-order chi connectivity index (χ1) is 3.71. The van der Waals surface area contributed by atoms with Crippen LogP contribution >= 0.6 is 11.6 Å². The van der Waals surface area contributed by atoms with E-state index in [9.17, 15) is 4.79 Å². The first-order valence-corrected chi connectivity index (χ1v) is 2.74. The fourth-order valence-electron chi connectivity index (χ4n) is 0.372. The zero-order valence-electron chi connectivity index (χ0n) is 4.19. The number of epoxide rings is 1. The van der Waals surface area contributed by atoms with Gasteiger partial charge in [0.05, 0.1) is 12.5 Å². The van der Waals surface area contributed by atoms with Gasteiger partial charge in [0.1, 0.15) is 0 Å². The maximum Gasteiger partial charge on any atom is 0.253 e. The molecule has 2 N–H and O–H groups in total. The highest BCUT2D eigenvalue weighted by Crippen LogP contribution is 2.27. The number of hydrogen-bond donors (Lipinski definition) is 1. The van der Waals surface area contributed by atoms with Crippen LogP contribution < -0.4 is 5.73 Å². The van der Waals surface area contributed by atoms with Crippen molar-refractivity contribution in [3.05, 3.63) is 0 Å². The summed E-state index contributed by atoms with van der Waals surface area (Å²) >= 11 is 5.32. The molecule has 1 saturated heterocycles. The van der Waals surface area contributed by atoms with E-state index in [0.29, 0.717) is 6.61 Å². The third kappa shape index (κ3) is 0.677. The topological polar surface area (TPSA) is 55.6 Å². The van der Waals surface area contributed by atoms with Gasteiger partial charge in [0, 0.05) is 0 Å². The molecule has 1 aliphatic heterocycles. The normalized spacial score (nSPS) is 34.6. The van der Waals surface area contributed by atoms with Gasteiger partial charge in [-0.3, -0.25) is 4.79 Å². The first-order valence-electron chi connectivity index (χ1n) is 2.21. The fraction of sp³-hybridized carbons (Fsp3) is 0.750. The molecule has 0 bridgehead atoms. The predicted octanol–water partition coefficient (Wildman–Crippen LogP) is -0.521. The van der Waals surface area contributed by atoms with E-state index in [0.717, 1.165) is 0 Å². The molecule has 0 aliphatic carbocycles. The number of primary amides is 1. The number of alkyl halides is 1. The number of amides is 1. The second-order valence-electron chi connectivity index (χ2n) is 1.78. The highest BCUT2D eigenvalue weighted by molar-refractivity contribution is 6.20. The van der Waals surface area contributed by atoms with Crippen LogP contribution in [0.25, 0.3) is 0 Å². The molecule has 1 aliphatic rings. The van der Waals surface area contributed by atoms with E-state index in [1.54, 1.807) is 0 Å². The van der Waals surface area contributed by atoms with Gasteiger partial charge in [-0.15, -0.1) is 11.6 Å². The molecule has 0 aromatic heterocycles. The molecule has 1 amide bonds. The van der Waals surface area contributed by atoms with Crippen LogP contribution in [0.4, 0.5) is 0 Å². The molecule has 1 fully saturated rings. The summed E-state index contributed by atoms with van der Waals surface area (Å²) in [7, 11) is 0. The Morgan fingerprint density at radius 1 is 2.00 bits per heavy atom. The number of nitrogens with two attached hydrogens (primary N) is 1. The van der Waals surface area contributed by atoms with Gasteiger partial charge < -0.3 is 10.5 Å². The van der Waals surface area contributed by atoms with E-state index in [1.807, 2.05) is 0 Å². The highest BCUT2D eigenvalue weighted by atomic mass is 35.5. The first kappa shape index (κ1) is 5.85. The fourth-order valence-corrected chi connectivity index (χ4v) is 0.658. The molecule has 0 radical (unpaired) electrons. The lowest BCUT2D eigenvalue weighted by Crippen LogP contribution is -2.33. The summed E-state index contributed by atoms with van der Waals surface area (Å²) in [5.74, 6) is -0.296. The summed E-state index contributed by atoms with van der Waals surface area (Å²) in [5.41, 5.74) is 4.09. The van der Waals surface area contributed by atoms with Crippen LogP contribution in [0.15, 0.2) is 0 Å². The molecule has 1 atom stereocenters. The Labute approximate surface area is 51.7 Å². The van der Waals surface area contributed by atoms with Crippen LogP contribution in [0.1, 0.15) is 0 Å². The van der Waals surface area contributed by atoms with Gasteiger partial charge in [0.25, 0.3) is 5.91 Å². The summed E-state index contributed by atoms with van der Waals surface area (Å²) in [5, 5.41) is 0. The lowest BCUT2D eigenvalue weighted by Gasteiger charge is -1.97. The number of carbonyl (C=O) groups excluding carboxylic acids is 1. The summed E-state index contributed by atoms with van der Waals surface area (Å²) in [6, 6.07) is 0. The molecular weight excluding hydrogens is 130 g/mol. The highest BCUT2D eigenvalue weighted by Gasteiger charge is 2.50. The van der Waals surface area contributed by atoms with Crippen molar-refractivity contribution in [2.45, 2.75) is 5.60 Å². The zero-order chi connectivity index (χ0) is 6.20. The van der Waals surface area contributed by atoms with Gasteiger partial charge in [-0.05, 0) is 0 Å². The van der Waals surface area contributed by atoms with E-state index in [4.69, 9.17) is 22.1 Å². The maximum atomic E-state index is 10.3. The molecule has 8 heavy (non-hydrogen) atoms. The van der Waals surface area contributed by atoms with Crippen molar-refractivity contribution in [3.63, 3.8) is 0 Å². The summed E-state index contributed by atoms with van der Waals surface area (Å²) in [6.07, 6.45) is 0. The monoisotopic (exact) mass is 135 g/mol. The molecule has 0 aromatic rings. The van der Waals surface area contributed by atoms with E-state index in [-0.39, 0.29) is 5.88 Å². The lowest BCUT2D eigenvalue weighted by atomic mass is 10.2. The Balaban J connectivity index is 2.53. The summed E-state index contributed by atoms with van der Waals surface area (Å²) in [6.45, 7) is 0.381. The molecule has 1 unspecified atom stereocenters. The average Bonchev–Trinajstić information content (AvgIpc) is 2.44. The number of ether oxygens (including phenoxy) is 1. The molecule has 1 heterocycles. The van der Waals surface area contributed by atoms with Crippen molar-refractivity contribution in [3.8, 4) is 0 Å². The van der Waals surface area contributed by atoms with Crippen molar-refractivity contribution in [1.82, 2.24) is 0 Å². The van der Waals surface area contributed by atoms with Gasteiger partial charge >= 0.3 is 0 Å². The van der Waals surface area contributed by atoms with E-state index < -0.39 is 11.5 Å². The van der Waals surface area contributed by atoms with Crippen molar-refractivity contribution >= 4 is 17.5 Å². The SMILES string of the molecule is NC(=O)C1(CCl)CO1. The number of rotatable bonds is 2. The minimum Gasteiger partial charge on any atom is -0.367 e. The third-order valence-electron chi connectivity index (χ3n) is 1.16. The number of halogens is 1. The zero-order valence-corrected chi connectivity index (χ0v) is 4.94. The van der Waals surface area contributed by atoms with Gasteiger partial charge in [0.2, 0.25) is 0 Å². The quantitative estimate of drug-likeness (QED) is 0.409. The average molecular weight is 136 g/mol. The summed E-state index contributed by atoms with van der Waals surface area (Å²) in [4.78, 5) is 10.3. The summed E-state index contributed by atoms with van der Waals surface area (Å²) < 4.78 is 4.70. The Hall–Kier alpha value is -0.280. The minimum atomic E-state index is -0.804. The van der Waals surface area contributed by atoms with Gasteiger partial charge in [-0.2, -0.15) is 0 Å². The maximum absolute atomic E-state index is 10.3. The van der Waals surface area contributed by atoms with Crippen LogP contribution in [0.3, 0.4) is 0 Å². The molecule has 4 heteroatoms. The van der Waals surface area contributed by atoms with Crippen LogP contribution in [-0.2, 0) is 9.53 Å². The Kier molecular flexibility index (Phi) is 1.17. The Morgan fingerprint density at radius 3 is 2.50 bits per heavy atom. The largest absolute Gasteiger partial charge is 0.367 e. The van der Waals surface area contributed by atoms with Gasteiger partial charge in [-0.25, -0.2) is 0 Å². The molecule has 0 spiro atoms. The molecule has 1 rings (SSSR count). The molecule has 0 saturated carbocycles. The number of carbonyl (C=O) groups is 1. The van der Waals surface area contributed by atoms with Gasteiger partial charge in [0.15, 0.2) is 5.60 Å². The van der Waals surface area contributed by atoms with Crippen molar-refractivity contribution in [1.29, 1.82) is 0 Å². The van der Waals surface area contributed by atoms with Crippen molar-refractivity contribution in [2.75, 3.05) is 12.5 Å². The second-order valence-corrected chi connectivity index (χ2v) is 2.05. The van der Waals surface area contributed by atoms with Crippen molar-refractivity contribution in [2.24, 2.45) is 5.73 Å². The third-order valence-corrected chi connectivity index (χ3v) is 1.59. The van der Waals surface area contributed by atoms with E-state index in [1.165, 1.54) is 0 Å². The van der Waals surface area contributed by atoms with Crippen LogP contribution in [0.2, 0.25) is 0 Å². The van der Waals surface area contributed by atoms with E-state index >= 15 is 0 Å².